The highest BCUT2D eigenvalue weighted by atomic mass is 16.5. The van der Waals surface area contributed by atoms with Crippen LogP contribution < -0.4 is 15.4 Å². The zero-order valence-corrected chi connectivity index (χ0v) is 11.3. The lowest BCUT2D eigenvalue weighted by atomic mass is 10.0. The normalized spacial score (nSPS) is 20.8. The zero-order chi connectivity index (χ0) is 13.9. The molecule has 0 radical (unpaired) electrons. The molecule has 106 valence electrons. The summed E-state index contributed by atoms with van der Waals surface area (Å²) in [5.41, 5.74) is 2.12. The fourth-order valence-corrected chi connectivity index (χ4v) is 2.69. The van der Waals surface area contributed by atoms with Gasteiger partial charge in [-0.2, -0.15) is 0 Å². The fourth-order valence-electron chi connectivity index (χ4n) is 2.69. The number of carbonyl (C=O) groups is 2. The van der Waals surface area contributed by atoms with Gasteiger partial charge in [0.1, 0.15) is 11.8 Å². The Kier molecular flexibility index (Phi) is 3.58. The summed E-state index contributed by atoms with van der Waals surface area (Å²) in [4.78, 5) is 23.6. The number of rotatable bonds is 3. The number of piperidine rings is 1. The lowest BCUT2D eigenvalue weighted by Crippen LogP contribution is -2.50. The number of ether oxygens (including phenoxy) is 1. The Hall–Kier alpha value is -2.04. The lowest BCUT2D eigenvalue weighted by molar-refractivity contribution is -0.129. The van der Waals surface area contributed by atoms with Gasteiger partial charge in [-0.3, -0.25) is 9.59 Å². The van der Waals surface area contributed by atoms with Crippen LogP contribution in [0.1, 0.15) is 24.0 Å². The van der Waals surface area contributed by atoms with Crippen molar-refractivity contribution in [3.05, 3.63) is 29.3 Å². The summed E-state index contributed by atoms with van der Waals surface area (Å²) in [5.74, 6) is 0.735. The van der Waals surface area contributed by atoms with Crippen molar-refractivity contribution in [2.45, 2.75) is 31.7 Å². The smallest absolute Gasteiger partial charge is 0.242 e. The van der Waals surface area contributed by atoms with E-state index in [0.29, 0.717) is 19.6 Å². The van der Waals surface area contributed by atoms with Crippen molar-refractivity contribution in [1.82, 2.24) is 10.6 Å². The first-order valence-corrected chi connectivity index (χ1v) is 7.04. The van der Waals surface area contributed by atoms with Gasteiger partial charge in [0.25, 0.3) is 0 Å². The molecule has 0 spiro atoms. The topological polar surface area (TPSA) is 67.4 Å². The van der Waals surface area contributed by atoms with Gasteiger partial charge in [0.05, 0.1) is 13.0 Å². The first-order valence-electron chi connectivity index (χ1n) is 7.04. The summed E-state index contributed by atoms with van der Waals surface area (Å²) in [5, 5.41) is 5.57. The Balaban J connectivity index is 1.60. The SMILES string of the molecule is O=C(Cc1ccc2c(c1)CCO2)NC1CCCNC1=O. The van der Waals surface area contributed by atoms with Crippen molar-refractivity contribution in [2.24, 2.45) is 0 Å². The molecular formula is C15H18N2O3. The summed E-state index contributed by atoms with van der Waals surface area (Å²) in [7, 11) is 0. The third-order valence-electron chi connectivity index (χ3n) is 3.74. The number of fused-ring (bicyclic) bond motifs is 1. The second-order valence-electron chi connectivity index (χ2n) is 5.27. The Morgan fingerprint density at radius 3 is 3.20 bits per heavy atom. The predicted molar refractivity (Wildman–Crippen MR) is 73.5 cm³/mol. The molecule has 1 saturated heterocycles. The van der Waals surface area contributed by atoms with Crippen LogP contribution in [0.15, 0.2) is 18.2 Å². The van der Waals surface area contributed by atoms with Crippen LogP contribution >= 0.6 is 0 Å². The second-order valence-corrected chi connectivity index (χ2v) is 5.27. The number of amides is 2. The van der Waals surface area contributed by atoms with Crippen LogP contribution in [-0.4, -0.2) is 31.0 Å². The number of hydrogen-bond donors (Lipinski definition) is 2. The minimum Gasteiger partial charge on any atom is -0.493 e. The van der Waals surface area contributed by atoms with Gasteiger partial charge in [0.15, 0.2) is 0 Å². The Morgan fingerprint density at radius 2 is 2.35 bits per heavy atom. The van der Waals surface area contributed by atoms with Gasteiger partial charge in [-0.05, 0) is 30.0 Å². The average molecular weight is 274 g/mol. The maximum absolute atomic E-state index is 12.0. The molecule has 1 aromatic carbocycles. The summed E-state index contributed by atoms with van der Waals surface area (Å²) >= 11 is 0. The minimum atomic E-state index is -0.381. The van der Waals surface area contributed by atoms with Crippen molar-refractivity contribution < 1.29 is 14.3 Å². The molecule has 1 fully saturated rings. The molecule has 3 rings (SSSR count). The molecule has 1 atom stereocenters. The van der Waals surface area contributed by atoms with Crippen LogP contribution in [0.3, 0.4) is 0 Å². The molecule has 5 nitrogen and oxygen atoms in total. The Bertz CT molecular complexity index is 542. The highest BCUT2D eigenvalue weighted by Gasteiger charge is 2.23. The summed E-state index contributed by atoms with van der Waals surface area (Å²) in [6.45, 7) is 1.42. The molecular weight excluding hydrogens is 256 g/mol. The first kappa shape index (κ1) is 13.0. The third kappa shape index (κ3) is 2.76. The Labute approximate surface area is 117 Å². The van der Waals surface area contributed by atoms with E-state index in [1.54, 1.807) is 0 Å². The molecule has 2 aliphatic rings. The van der Waals surface area contributed by atoms with Crippen molar-refractivity contribution in [1.29, 1.82) is 0 Å². The highest BCUT2D eigenvalue weighted by Crippen LogP contribution is 2.25. The van der Waals surface area contributed by atoms with E-state index in [-0.39, 0.29) is 17.9 Å². The summed E-state index contributed by atoms with van der Waals surface area (Å²) in [6, 6.07) is 5.46. The molecule has 0 bridgehead atoms. The van der Waals surface area contributed by atoms with E-state index in [1.165, 1.54) is 0 Å². The number of nitrogens with one attached hydrogen (secondary N) is 2. The summed E-state index contributed by atoms with van der Waals surface area (Å²) < 4.78 is 5.44. The monoisotopic (exact) mass is 274 g/mol. The largest absolute Gasteiger partial charge is 0.493 e. The molecule has 2 heterocycles. The van der Waals surface area contributed by atoms with Crippen LogP contribution in [0.2, 0.25) is 0 Å². The molecule has 2 amide bonds. The molecule has 2 aliphatic heterocycles. The van der Waals surface area contributed by atoms with Gasteiger partial charge >= 0.3 is 0 Å². The van der Waals surface area contributed by atoms with Crippen LogP contribution in [0, 0.1) is 0 Å². The van der Waals surface area contributed by atoms with Gasteiger partial charge in [-0.25, -0.2) is 0 Å². The van der Waals surface area contributed by atoms with E-state index in [0.717, 1.165) is 36.1 Å². The molecule has 0 aliphatic carbocycles. The predicted octanol–water partition coefficient (Wildman–Crippen LogP) is 0.559. The zero-order valence-electron chi connectivity index (χ0n) is 11.3. The van der Waals surface area contributed by atoms with Crippen molar-refractivity contribution in [3.63, 3.8) is 0 Å². The number of hydrogen-bond acceptors (Lipinski definition) is 3. The highest BCUT2D eigenvalue weighted by molar-refractivity contribution is 5.88. The van der Waals surface area contributed by atoms with Crippen molar-refractivity contribution in [3.8, 4) is 5.75 Å². The molecule has 1 aromatic rings. The van der Waals surface area contributed by atoms with Crippen LogP contribution in [0.25, 0.3) is 0 Å². The van der Waals surface area contributed by atoms with Crippen molar-refractivity contribution >= 4 is 11.8 Å². The molecule has 0 aromatic heterocycles. The minimum absolute atomic E-state index is 0.0769. The Morgan fingerprint density at radius 1 is 1.45 bits per heavy atom. The second kappa shape index (κ2) is 5.53. The van der Waals surface area contributed by atoms with Gasteiger partial charge in [-0.1, -0.05) is 12.1 Å². The molecule has 20 heavy (non-hydrogen) atoms. The number of benzene rings is 1. The number of carbonyl (C=O) groups excluding carboxylic acids is 2. The average Bonchev–Trinajstić information content (AvgIpc) is 2.89. The van der Waals surface area contributed by atoms with E-state index in [1.807, 2.05) is 18.2 Å². The molecule has 2 N–H and O–H groups in total. The van der Waals surface area contributed by atoms with E-state index in [2.05, 4.69) is 10.6 Å². The van der Waals surface area contributed by atoms with E-state index in [9.17, 15) is 9.59 Å². The van der Waals surface area contributed by atoms with Crippen LogP contribution in [-0.2, 0) is 22.4 Å². The van der Waals surface area contributed by atoms with E-state index >= 15 is 0 Å². The summed E-state index contributed by atoms with van der Waals surface area (Å²) in [6.07, 6.45) is 2.83. The van der Waals surface area contributed by atoms with Crippen LogP contribution in [0.4, 0.5) is 0 Å². The van der Waals surface area contributed by atoms with Gasteiger partial charge in [0.2, 0.25) is 11.8 Å². The van der Waals surface area contributed by atoms with E-state index in [4.69, 9.17) is 4.74 Å². The van der Waals surface area contributed by atoms with Crippen LogP contribution in [0.5, 0.6) is 5.75 Å². The van der Waals surface area contributed by atoms with Gasteiger partial charge in [-0.15, -0.1) is 0 Å². The molecule has 5 heteroatoms. The van der Waals surface area contributed by atoms with E-state index < -0.39 is 0 Å². The fraction of sp³-hybridized carbons (Fsp3) is 0.467. The molecule has 0 saturated carbocycles. The van der Waals surface area contributed by atoms with Gasteiger partial charge in [0, 0.05) is 13.0 Å². The molecule has 1 unspecified atom stereocenters. The third-order valence-corrected chi connectivity index (χ3v) is 3.74. The van der Waals surface area contributed by atoms with Gasteiger partial charge < -0.3 is 15.4 Å². The lowest BCUT2D eigenvalue weighted by Gasteiger charge is -2.22. The first-order chi connectivity index (χ1) is 9.72. The maximum Gasteiger partial charge on any atom is 0.242 e. The standard InChI is InChI=1S/C15H18N2O3/c18-14(17-12-2-1-6-16-15(12)19)9-10-3-4-13-11(8-10)5-7-20-13/h3-4,8,12H,1-2,5-7,9H2,(H,16,19)(H,17,18). The van der Waals surface area contributed by atoms with Crippen molar-refractivity contribution in [2.75, 3.05) is 13.2 Å². The quantitative estimate of drug-likeness (QED) is 0.846. The maximum atomic E-state index is 12.0.